The SMILES string of the molecule is COc1ccc(-n2nnc3c2-c2ccccc2-c2nnn(-c4ccc(OC)cc4)c2-c2ccccc2-3)cc1. The Bertz CT molecular complexity index is 1650. The minimum absolute atomic E-state index is 0.780. The molecule has 2 aromatic heterocycles. The van der Waals surface area contributed by atoms with E-state index in [0.29, 0.717) is 0 Å². The van der Waals surface area contributed by atoms with Crippen molar-refractivity contribution in [1.29, 1.82) is 0 Å². The van der Waals surface area contributed by atoms with Crippen molar-refractivity contribution in [2.75, 3.05) is 14.2 Å². The third-order valence-corrected chi connectivity index (χ3v) is 6.85. The molecule has 8 heteroatoms. The lowest BCUT2D eigenvalue weighted by molar-refractivity contribution is 0.414. The predicted octanol–water partition coefficient (Wildman–Crippen LogP) is 5.85. The molecular weight excluding hydrogens is 476 g/mol. The molecule has 0 unspecified atom stereocenters. The minimum Gasteiger partial charge on any atom is -0.497 e. The van der Waals surface area contributed by atoms with Crippen LogP contribution in [-0.4, -0.2) is 44.2 Å². The van der Waals surface area contributed by atoms with E-state index in [9.17, 15) is 0 Å². The van der Waals surface area contributed by atoms with E-state index in [1.807, 2.05) is 82.2 Å². The highest BCUT2D eigenvalue weighted by molar-refractivity contribution is 5.99. The van der Waals surface area contributed by atoms with E-state index in [1.165, 1.54) is 0 Å². The van der Waals surface area contributed by atoms with Gasteiger partial charge >= 0.3 is 0 Å². The van der Waals surface area contributed by atoms with Gasteiger partial charge in [-0.1, -0.05) is 59.0 Å². The van der Waals surface area contributed by atoms with Gasteiger partial charge in [0, 0.05) is 22.3 Å². The van der Waals surface area contributed by atoms with Crippen LogP contribution in [0.25, 0.3) is 56.4 Å². The Balaban J connectivity index is 1.52. The molecule has 0 fully saturated rings. The van der Waals surface area contributed by atoms with Crippen LogP contribution in [0.15, 0.2) is 97.1 Å². The lowest BCUT2D eigenvalue weighted by Gasteiger charge is -2.18. The summed E-state index contributed by atoms with van der Waals surface area (Å²) in [4.78, 5) is 0. The van der Waals surface area contributed by atoms with Crippen LogP contribution in [0.3, 0.4) is 0 Å². The van der Waals surface area contributed by atoms with Gasteiger partial charge in [-0.05, 0) is 48.5 Å². The van der Waals surface area contributed by atoms with Gasteiger partial charge in [-0.25, -0.2) is 9.36 Å². The second-order valence-electron chi connectivity index (χ2n) is 8.88. The van der Waals surface area contributed by atoms with Gasteiger partial charge in [0.2, 0.25) is 0 Å². The smallest absolute Gasteiger partial charge is 0.122 e. The fraction of sp³-hybridized carbons (Fsp3) is 0.0667. The highest BCUT2D eigenvalue weighted by Crippen LogP contribution is 2.47. The van der Waals surface area contributed by atoms with Crippen LogP contribution in [0.1, 0.15) is 0 Å². The van der Waals surface area contributed by atoms with Crippen LogP contribution in [-0.2, 0) is 0 Å². The van der Waals surface area contributed by atoms with Gasteiger partial charge in [0.05, 0.1) is 25.6 Å². The standard InChI is InChI=1S/C30H22N6O2/c1-37-21-15-11-19(12-16-21)35-29-25-9-5-3-7-23(25)28-30(26-10-6-4-8-24(26)27(29)31-33-35)36(34-32-28)20-13-17-22(38-2)18-14-20/h3-18H,1-2H3. The average Bonchev–Trinajstić information content (AvgIpc) is 3.61. The summed E-state index contributed by atoms with van der Waals surface area (Å²) in [5.74, 6) is 1.56. The van der Waals surface area contributed by atoms with E-state index in [0.717, 1.165) is 67.9 Å². The van der Waals surface area contributed by atoms with Crippen LogP contribution in [0, 0.1) is 0 Å². The van der Waals surface area contributed by atoms with E-state index in [1.54, 1.807) is 14.2 Å². The van der Waals surface area contributed by atoms with Crippen molar-refractivity contribution in [3.63, 3.8) is 0 Å². The molecule has 0 bridgehead atoms. The summed E-state index contributed by atoms with van der Waals surface area (Å²) in [6.07, 6.45) is 0. The molecule has 0 saturated carbocycles. The van der Waals surface area contributed by atoms with E-state index in [2.05, 4.69) is 34.7 Å². The monoisotopic (exact) mass is 498 g/mol. The molecule has 184 valence electrons. The third kappa shape index (κ3) is 3.31. The molecule has 0 N–H and O–H groups in total. The van der Waals surface area contributed by atoms with E-state index < -0.39 is 0 Å². The van der Waals surface area contributed by atoms with Gasteiger partial charge in [-0.15, -0.1) is 10.2 Å². The Labute approximate surface area is 218 Å². The first kappa shape index (κ1) is 22.0. The minimum atomic E-state index is 0.780. The second kappa shape index (κ2) is 8.70. The number of hydrogen-bond donors (Lipinski definition) is 0. The van der Waals surface area contributed by atoms with Gasteiger partial charge in [0.15, 0.2) is 0 Å². The number of fused-ring (bicyclic) bond motifs is 8. The van der Waals surface area contributed by atoms with Crippen molar-refractivity contribution in [3.05, 3.63) is 97.1 Å². The molecule has 0 saturated heterocycles. The zero-order valence-corrected chi connectivity index (χ0v) is 20.7. The van der Waals surface area contributed by atoms with Gasteiger partial charge in [-0.3, -0.25) is 0 Å². The Hall–Kier alpha value is -5.24. The first-order valence-corrected chi connectivity index (χ1v) is 12.2. The number of methoxy groups -OCH3 is 2. The number of nitrogens with zero attached hydrogens (tertiary/aromatic N) is 6. The maximum absolute atomic E-state index is 5.36. The average molecular weight is 499 g/mol. The van der Waals surface area contributed by atoms with Crippen molar-refractivity contribution in [2.24, 2.45) is 0 Å². The van der Waals surface area contributed by atoms with Gasteiger partial charge in [0.25, 0.3) is 0 Å². The molecule has 0 spiro atoms. The lowest BCUT2D eigenvalue weighted by atomic mass is 9.89. The molecule has 4 aromatic carbocycles. The largest absolute Gasteiger partial charge is 0.497 e. The molecule has 0 atom stereocenters. The van der Waals surface area contributed by atoms with Crippen LogP contribution in [0.4, 0.5) is 0 Å². The number of aromatic nitrogens is 6. The molecule has 0 radical (unpaired) electrons. The molecule has 8 nitrogen and oxygen atoms in total. The van der Waals surface area contributed by atoms with Crippen molar-refractivity contribution in [2.45, 2.75) is 0 Å². The van der Waals surface area contributed by atoms with E-state index >= 15 is 0 Å². The zero-order chi connectivity index (χ0) is 25.6. The molecular formula is C30H22N6O2. The number of rotatable bonds is 4. The van der Waals surface area contributed by atoms with Crippen molar-refractivity contribution in [3.8, 4) is 67.9 Å². The highest BCUT2D eigenvalue weighted by Gasteiger charge is 2.30. The Kier molecular flexibility index (Phi) is 5.04. The molecule has 0 aliphatic heterocycles. The third-order valence-electron chi connectivity index (χ3n) is 6.85. The van der Waals surface area contributed by atoms with Crippen molar-refractivity contribution >= 4 is 0 Å². The second-order valence-corrected chi connectivity index (χ2v) is 8.88. The fourth-order valence-electron chi connectivity index (χ4n) is 5.01. The summed E-state index contributed by atoms with van der Waals surface area (Å²) >= 11 is 0. The molecule has 2 heterocycles. The van der Waals surface area contributed by atoms with Crippen LogP contribution >= 0.6 is 0 Å². The Morgan fingerprint density at radius 2 is 0.842 bits per heavy atom. The summed E-state index contributed by atoms with van der Waals surface area (Å²) in [6.45, 7) is 0. The van der Waals surface area contributed by atoms with Crippen LogP contribution < -0.4 is 9.47 Å². The maximum atomic E-state index is 5.36. The van der Waals surface area contributed by atoms with Gasteiger partial charge < -0.3 is 9.47 Å². The molecule has 1 aliphatic carbocycles. The Morgan fingerprint density at radius 1 is 0.474 bits per heavy atom. The number of benzene rings is 4. The van der Waals surface area contributed by atoms with E-state index in [-0.39, 0.29) is 0 Å². The Morgan fingerprint density at radius 3 is 1.21 bits per heavy atom. The summed E-state index contributed by atoms with van der Waals surface area (Å²) in [5, 5.41) is 18.7. The van der Waals surface area contributed by atoms with Crippen LogP contribution in [0.5, 0.6) is 11.5 Å². The summed E-state index contributed by atoms with van der Waals surface area (Å²) in [5.41, 5.74) is 8.98. The first-order chi connectivity index (χ1) is 18.8. The van der Waals surface area contributed by atoms with Crippen molar-refractivity contribution < 1.29 is 9.47 Å². The van der Waals surface area contributed by atoms with Gasteiger partial charge in [-0.2, -0.15) is 0 Å². The normalized spacial score (nSPS) is 11.4. The molecule has 1 aliphatic rings. The predicted molar refractivity (Wildman–Crippen MR) is 145 cm³/mol. The zero-order valence-electron chi connectivity index (χ0n) is 20.7. The summed E-state index contributed by atoms with van der Waals surface area (Å²) in [7, 11) is 3.31. The topological polar surface area (TPSA) is 79.9 Å². The number of ether oxygens (including phenoxy) is 2. The lowest BCUT2D eigenvalue weighted by Crippen LogP contribution is -2.04. The van der Waals surface area contributed by atoms with Gasteiger partial charge in [0.1, 0.15) is 34.3 Å². The summed E-state index contributed by atoms with van der Waals surface area (Å²) in [6, 6.07) is 32.0. The first-order valence-electron chi connectivity index (χ1n) is 12.2. The summed E-state index contributed by atoms with van der Waals surface area (Å²) < 4.78 is 14.5. The maximum Gasteiger partial charge on any atom is 0.122 e. The fourth-order valence-corrected chi connectivity index (χ4v) is 5.01. The number of hydrogen-bond acceptors (Lipinski definition) is 6. The molecule has 7 rings (SSSR count). The highest BCUT2D eigenvalue weighted by atomic mass is 16.5. The quantitative estimate of drug-likeness (QED) is 0.303. The molecule has 38 heavy (non-hydrogen) atoms. The molecule has 6 aromatic rings. The van der Waals surface area contributed by atoms with Crippen molar-refractivity contribution in [1.82, 2.24) is 30.0 Å². The van der Waals surface area contributed by atoms with E-state index in [4.69, 9.17) is 19.7 Å². The van der Waals surface area contributed by atoms with Crippen LogP contribution in [0.2, 0.25) is 0 Å². The molecule has 0 amide bonds.